The van der Waals surface area contributed by atoms with Gasteiger partial charge in [-0.3, -0.25) is 9.69 Å². The van der Waals surface area contributed by atoms with Crippen molar-refractivity contribution in [3.05, 3.63) is 87.3 Å². The van der Waals surface area contributed by atoms with Crippen LogP contribution in [-0.2, 0) is 24.1 Å². The van der Waals surface area contributed by atoms with E-state index in [0.29, 0.717) is 30.3 Å². The Hall–Kier alpha value is -3.00. The number of nitrogens with one attached hydrogen (secondary N) is 1. The van der Waals surface area contributed by atoms with Gasteiger partial charge >= 0.3 is 5.97 Å². The largest absolute Gasteiger partial charge is 0.478 e. The Morgan fingerprint density at radius 2 is 1.79 bits per heavy atom. The van der Waals surface area contributed by atoms with Gasteiger partial charge in [-0.1, -0.05) is 42.5 Å². The number of rotatable bonds is 6. The van der Waals surface area contributed by atoms with Gasteiger partial charge < -0.3 is 15.2 Å². The van der Waals surface area contributed by atoms with Crippen molar-refractivity contribution >= 4 is 28.2 Å². The van der Waals surface area contributed by atoms with Crippen LogP contribution in [0, 0.1) is 0 Å². The number of carboxylic acids is 1. The highest BCUT2D eigenvalue weighted by Gasteiger charge is 2.28. The number of amides is 1. The fraction of sp³-hybridized carbons (Fsp3) is 0.333. The molecule has 6 nitrogen and oxygen atoms in total. The molecule has 176 valence electrons. The van der Waals surface area contributed by atoms with Crippen LogP contribution in [0.2, 0.25) is 0 Å². The van der Waals surface area contributed by atoms with Gasteiger partial charge in [0.2, 0.25) is 0 Å². The zero-order chi connectivity index (χ0) is 23.5. The van der Waals surface area contributed by atoms with E-state index in [9.17, 15) is 14.7 Å². The monoisotopic (exact) mass is 476 g/mol. The number of anilines is 1. The number of carbonyl (C=O) groups excluding carboxylic acids is 1. The normalized spacial score (nSPS) is 18.3. The van der Waals surface area contributed by atoms with Crippen LogP contribution in [0.5, 0.6) is 0 Å². The smallest absolute Gasteiger partial charge is 0.339 e. The molecule has 1 atom stereocenters. The van der Waals surface area contributed by atoms with Crippen molar-refractivity contribution in [3.8, 4) is 0 Å². The lowest BCUT2D eigenvalue weighted by Gasteiger charge is -2.27. The Bertz CT molecular complexity index is 1200. The third kappa shape index (κ3) is 4.78. The van der Waals surface area contributed by atoms with Gasteiger partial charge in [0.05, 0.1) is 18.8 Å². The average molecular weight is 477 g/mol. The minimum Gasteiger partial charge on any atom is -0.478 e. The predicted octanol–water partition coefficient (Wildman–Crippen LogP) is 4.80. The van der Waals surface area contributed by atoms with Crippen molar-refractivity contribution in [2.24, 2.45) is 0 Å². The summed E-state index contributed by atoms with van der Waals surface area (Å²) in [7, 11) is 0. The fourth-order valence-corrected chi connectivity index (χ4v) is 6.03. The Kier molecular flexibility index (Phi) is 6.76. The van der Waals surface area contributed by atoms with E-state index in [1.807, 2.05) is 29.6 Å². The summed E-state index contributed by atoms with van der Waals surface area (Å²) in [6.07, 6.45) is 2.67. The van der Waals surface area contributed by atoms with Gasteiger partial charge in [-0.25, -0.2) is 4.79 Å². The molecule has 3 aromatic rings. The second-order valence-corrected chi connectivity index (χ2v) is 9.79. The fourth-order valence-electron chi connectivity index (χ4n) is 5.00. The van der Waals surface area contributed by atoms with Gasteiger partial charge in [-0.2, -0.15) is 0 Å². The van der Waals surface area contributed by atoms with Crippen LogP contribution in [0.1, 0.15) is 55.3 Å². The standard InChI is InChI=1S/C27H28N2O4S/c30-25(22-8-4-3-7-21(22)16-29-11-13-33-14-12-29)28-26-24(27(31)32)23(17-34-26)20-10-9-18-5-1-2-6-19(18)15-20/h1-8,17,20H,9-16H2,(H,28,30)(H,31,32). The highest BCUT2D eigenvalue weighted by molar-refractivity contribution is 7.15. The topological polar surface area (TPSA) is 78.9 Å². The van der Waals surface area contributed by atoms with Crippen molar-refractivity contribution < 1.29 is 19.4 Å². The summed E-state index contributed by atoms with van der Waals surface area (Å²) < 4.78 is 5.43. The summed E-state index contributed by atoms with van der Waals surface area (Å²) >= 11 is 1.30. The minimum atomic E-state index is -0.994. The van der Waals surface area contributed by atoms with E-state index in [4.69, 9.17) is 4.74 Å². The van der Waals surface area contributed by atoms with E-state index in [-0.39, 0.29) is 17.4 Å². The first-order valence-electron chi connectivity index (χ1n) is 11.7. The Morgan fingerprint density at radius 1 is 1.06 bits per heavy atom. The number of hydrogen-bond donors (Lipinski definition) is 2. The molecular weight excluding hydrogens is 448 g/mol. The maximum Gasteiger partial charge on any atom is 0.339 e. The number of aryl methyl sites for hydroxylation is 1. The van der Waals surface area contributed by atoms with E-state index < -0.39 is 5.97 Å². The zero-order valence-corrected chi connectivity index (χ0v) is 19.8. The Balaban J connectivity index is 1.37. The van der Waals surface area contributed by atoms with Gasteiger partial charge in [0, 0.05) is 25.2 Å². The van der Waals surface area contributed by atoms with E-state index in [0.717, 1.165) is 43.5 Å². The maximum atomic E-state index is 13.3. The molecule has 2 N–H and O–H groups in total. The lowest BCUT2D eigenvalue weighted by Crippen LogP contribution is -2.36. The number of morpholine rings is 1. The molecule has 7 heteroatoms. The van der Waals surface area contributed by atoms with E-state index in [1.165, 1.54) is 22.5 Å². The third-order valence-electron chi connectivity index (χ3n) is 6.81. The van der Waals surface area contributed by atoms with Crippen molar-refractivity contribution in [2.75, 3.05) is 31.6 Å². The second kappa shape index (κ2) is 10.1. The number of nitrogens with zero attached hydrogens (tertiary/aromatic N) is 1. The molecular formula is C27H28N2O4S. The molecule has 1 saturated heterocycles. The van der Waals surface area contributed by atoms with Crippen molar-refractivity contribution in [3.63, 3.8) is 0 Å². The van der Waals surface area contributed by atoms with Crippen LogP contribution in [0.15, 0.2) is 53.9 Å². The lowest BCUT2D eigenvalue weighted by atomic mass is 9.80. The molecule has 0 radical (unpaired) electrons. The molecule has 34 heavy (non-hydrogen) atoms. The summed E-state index contributed by atoms with van der Waals surface area (Å²) in [5.74, 6) is -1.13. The van der Waals surface area contributed by atoms with Crippen molar-refractivity contribution in [1.29, 1.82) is 0 Å². The van der Waals surface area contributed by atoms with Gasteiger partial charge in [-0.15, -0.1) is 11.3 Å². The molecule has 0 saturated carbocycles. The average Bonchev–Trinajstić information content (AvgIpc) is 3.28. The molecule has 2 heterocycles. The lowest BCUT2D eigenvalue weighted by molar-refractivity contribution is 0.0341. The molecule has 5 rings (SSSR count). The molecule has 2 aliphatic rings. The van der Waals surface area contributed by atoms with Gasteiger partial charge in [0.25, 0.3) is 5.91 Å². The minimum absolute atomic E-state index is 0.136. The first kappa shape index (κ1) is 22.8. The number of thiophene rings is 1. The molecule has 1 fully saturated rings. The van der Waals surface area contributed by atoms with Crippen molar-refractivity contribution in [2.45, 2.75) is 31.7 Å². The number of aromatic carboxylic acids is 1. The number of benzene rings is 2. The second-order valence-electron chi connectivity index (χ2n) is 8.91. The molecule has 1 amide bonds. The molecule has 1 aromatic heterocycles. The first-order valence-corrected chi connectivity index (χ1v) is 12.6. The number of ether oxygens (including phenoxy) is 1. The van der Waals surface area contributed by atoms with Gasteiger partial charge in [0.1, 0.15) is 5.00 Å². The molecule has 1 aliphatic carbocycles. The highest BCUT2D eigenvalue weighted by atomic mass is 32.1. The Labute approximate surface area is 203 Å². The summed E-state index contributed by atoms with van der Waals surface area (Å²) in [6.45, 7) is 3.71. The summed E-state index contributed by atoms with van der Waals surface area (Å²) in [6, 6.07) is 15.9. The number of carbonyl (C=O) groups is 2. The van der Waals surface area contributed by atoms with Crippen LogP contribution in [0.4, 0.5) is 5.00 Å². The quantitative estimate of drug-likeness (QED) is 0.534. The summed E-state index contributed by atoms with van der Waals surface area (Å²) in [4.78, 5) is 27.8. The van der Waals surface area contributed by atoms with Crippen LogP contribution >= 0.6 is 11.3 Å². The van der Waals surface area contributed by atoms with E-state index >= 15 is 0 Å². The number of carboxylic acid groups (broad SMARTS) is 1. The molecule has 2 aromatic carbocycles. The summed E-state index contributed by atoms with van der Waals surface area (Å²) in [5.41, 5.74) is 5.18. The molecule has 0 spiro atoms. The first-order chi connectivity index (χ1) is 16.6. The third-order valence-corrected chi connectivity index (χ3v) is 7.72. The van der Waals surface area contributed by atoms with Gasteiger partial charge in [-0.05, 0) is 58.9 Å². The van der Waals surface area contributed by atoms with Crippen molar-refractivity contribution in [1.82, 2.24) is 4.90 Å². The maximum absolute atomic E-state index is 13.3. The SMILES string of the molecule is O=C(Nc1scc(C2CCc3ccccc3C2)c1C(=O)O)c1ccccc1CN1CCOCC1. The number of fused-ring (bicyclic) bond motifs is 1. The zero-order valence-electron chi connectivity index (χ0n) is 19.0. The molecule has 1 aliphatic heterocycles. The molecule has 0 bridgehead atoms. The predicted molar refractivity (Wildman–Crippen MR) is 133 cm³/mol. The van der Waals surface area contributed by atoms with Crippen LogP contribution in [0.25, 0.3) is 0 Å². The number of hydrogen-bond acceptors (Lipinski definition) is 5. The van der Waals surface area contributed by atoms with E-state index in [2.05, 4.69) is 28.4 Å². The Morgan fingerprint density at radius 3 is 2.59 bits per heavy atom. The van der Waals surface area contributed by atoms with Crippen LogP contribution in [0.3, 0.4) is 0 Å². The van der Waals surface area contributed by atoms with Gasteiger partial charge in [0.15, 0.2) is 0 Å². The van der Waals surface area contributed by atoms with E-state index in [1.54, 1.807) is 6.07 Å². The summed E-state index contributed by atoms with van der Waals surface area (Å²) in [5, 5.41) is 15.3. The van der Waals surface area contributed by atoms with Crippen LogP contribution < -0.4 is 5.32 Å². The highest BCUT2D eigenvalue weighted by Crippen LogP contribution is 2.40. The van der Waals surface area contributed by atoms with Crippen LogP contribution in [-0.4, -0.2) is 48.2 Å². The molecule has 1 unspecified atom stereocenters.